The number of hydrogen-bond donors (Lipinski definition) is 0. The lowest BCUT2D eigenvalue weighted by molar-refractivity contribution is -0.135. The van der Waals surface area contributed by atoms with E-state index in [1.54, 1.807) is 12.1 Å². The summed E-state index contributed by atoms with van der Waals surface area (Å²) in [6.45, 7) is 0. The fourth-order valence-electron chi connectivity index (χ4n) is 1.06. The summed E-state index contributed by atoms with van der Waals surface area (Å²) >= 11 is 3.20. The number of hydrogen-bond acceptors (Lipinski definition) is 4. The molecule has 0 N–H and O–H groups in total. The highest BCUT2D eigenvalue weighted by molar-refractivity contribution is 9.10. The van der Waals surface area contributed by atoms with Crippen molar-refractivity contribution in [2.24, 2.45) is 0 Å². The Balaban J connectivity index is 3.17. The van der Waals surface area contributed by atoms with Crippen LogP contribution < -0.4 is 4.74 Å². The maximum atomic E-state index is 11.5. The minimum atomic E-state index is -0.911. The third-order valence-corrected chi connectivity index (χ3v) is 2.27. The summed E-state index contributed by atoms with van der Waals surface area (Å²) in [5.74, 6) is -1.30. The molecule has 5 heteroatoms. The van der Waals surface area contributed by atoms with Crippen molar-refractivity contribution in [1.82, 2.24) is 0 Å². The molecule has 0 amide bonds. The van der Waals surface area contributed by atoms with Gasteiger partial charge in [0.1, 0.15) is 5.75 Å². The van der Waals surface area contributed by atoms with Crippen LogP contribution >= 0.6 is 15.9 Å². The van der Waals surface area contributed by atoms with Crippen LogP contribution in [0.1, 0.15) is 10.4 Å². The first-order valence-electron chi connectivity index (χ1n) is 4.06. The summed E-state index contributed by atoms with van der Waals surface area (Å²) in [5.41, 5.74) is 0.179. The van der Waals surface area contributed by atoms with Crippen molar-refractivity contribution < 1.29 is 19.1 Å². The van der Waals surface area contributed by atoms with Gasteiger partial charge in [0.05, 0.1) is 19.8 Å². The number of Topliss-reactive ketones (excluding diaryl/α,β-unsaturated/α-hetero) is 1. The van der Waals surface area contributed by atoms with E-state index in [4.69, 9.17) is 4.74 Å². The van der Waals surface area contributed by atoms with Crippen LogP contribution in [0, 0.1) is 0 Å². The van der Waals surface area contributed by atoms with E-state index in [0.717, 1.165) is 7.11 Å². The van der Waals surface area contributed by atoms with E-state index in [1.807, 2.05) is 0 Å². The summed E-state index contributed by atoms with van der Waals surface area (Å²) in [6.07, 6.45) is 0. The summed E-state index contributed by atoms with van der Waals surface area (Å²) in [5, 5.41) is 0. The van der Waals surface area contributed by atoms with Crippen molar-refractivity contribution in [3.8, 4) is 5.75 Å². The Morgan fingerprint density at radius 3 is 2.47 bits per heavy atom. The zero-order valence-electron chi connectivity index (χ0n) is 8.24. The fourth-order valence-corrected chi connectivity index (χ4v) is 1.42. The lowest BCUT2D eigenvalue weighted by Gasteiger charge is -2.06. The monoisotopic (exact) mass is 272 g/mol. The maximum absolute atomic E-state index is 11.5. The molecule has 0 heterocycles. The molecule has 0 spiro atoms. The predicted molar refractivity (Wildman–Crippen MR) is 57.0 cm³/mol. The molecule has 0 saturated carbocycles. The summed E-state index contributed by atoms with van der Waals surface area (Å²) < 4.78 is 10.0. The second kappa shape index (κ2) is 4.93. The molecule has 0 aliphatic carbocycles. The Labute approximate surface area is 95.3 Å². The standard InChI is InChI=1S/C10H9BrO4/c1-14-8-4-3-6(11)5-7(8)9(12)10(13)15-2/h3-5H,1-2H3. The first-order chi connectivity index (χ1) is 7.10. The first-order valence-corrected chi connectivity index (χ1v) is 4.85. The normalized spacial score (nSPS) is 9.53. The third-order valence-electron chi connectivity index (χ3n) is 1.78. The van der Waals surface area contributed by atoms with Crippen LogP contribution in [-0.4, -0.2) is 26.0 Å². The van der Waals surface area contributed by atoms with Gasteiger partial charge in [-0.25, -0.2) is 4.79 Å². The Morgan fingerprint density at radius 2 is 1.93 bits per heavy atom. The number of carbonyl (C=O) groups excluding carboxylic acids is 2. The molecule has 0 saturated heterocycles. The van der Waals surface area contributed by atoms with Gasteiger partial charge in [-0.1, -0.05) is 15.9 Å². The molecule has 0 fully saturated rings. The summed E-state index contributed by atoms with van der Waals surface area (Å²) in [4.78, 5) is 22.6. The molecule has 1 aromatic rings. The molecule has 0 atom stereocenters. The molecule has 15 heavy (non-hydrogen) atoms. The van der Waals surface area contributed by atoms with Crippen molar-refractivity contribution in [3.05, 3.63) is 28.2 Å². The van der Waals surface area contributed by atoms with Crippen LogP contribution in [0.15, 0.2) is 22.7 Å². The average Bonchev–Trinajstić information content (AvgIpc) is 2.27. The number of rotatable bonds is 3. The van der Waals surface area contributed by atoms with Crippen molar-refractivity contribution in [1.29, 1.82) is 0 Å². The number of ether oxygens (including phenoxy) is 2. The quantitative estimate of drug-likeness (QED) is 0.479. The minimum Gasteiger partial charge on any atom is -0.496 e. The van der Waals surface area contributed by atoms with Gasteiger partial charge < -0.3 is 9.47 Å². The number of esters is 1. The van der Waals surface area contributed by atoms with E-state index in [2.05, 4.69) is 20.7 Å². The van der Waals surface area contributed by atoms with Crippen LogP contribution in [0.4, 0.5) is 0 Å². The zero-order valence-corrected chi connectivity index (χ0v) is 9.83. The Hall–Kier alpha value is -1.36. The first kappa shape index (κ1) is 11.7. The smallest absolute Gasteiger partial charge is 0.379 e. The topological polar surface area (TPSA) is 52.6 Å². The van der Waals surface area contributed by atoms with Crippen LogP contribution in [-0.2, 0) is 9.53 Å². The van der Waals surface area contributed by atoms with Gasteiger partial charge in [-0.3, -0.25) is 4.79 Å². The highest BCUT2D eigenvalue weighted by Crippen LogP contribution is 2.23. The lowest BCUT2D eigenvalue weighted by Crippen LogP contribution is -2.16. The second-order valence-electron chi connectivity index (χ2n) is 2.67. The molecule has 0 aliphatic heterocycles. The number of methoxy groups -OCH3 is 2. The Bertz CT molecular complexity index is 400. The van der Waals surface area contributed by atoms with Crippen LogP contribution in [0.2, 0.25) is 0 Å². The van der Waals surface area contributed by atoms with Crippen molar-refractivity contribution in [2.75, 3.05) is 14.2 Å². The average molecular weight is 273 g/mol. The molecule has 0 aromatic heterocycles. The van der Waals surface area contributed by atoms with Gasteiger partial charge in [-0.2, -0.15) is 0 Å². The number of halogens is 1. The molecule has 0 unspecified atom stereocenters. The van der Waals surface area contributed by atoms with Crippen molar-refractivity contribution >= 4 is 27.7 Å². The van der Waals surface area contributed by atoms with Gasteiger partial charge in [0, 0.05) is 4.47 Å². The van der Waals surface area contributed by atoms with Crippen molar-refractivity contribution in [3.63, 3.8) is 0 Å². The molecule has 0 bridgehead atoms. The molecule has 1 aromatic carbocycles. The third kappa shape index (κ3) is 2.56. The van der Waals surface area contributed by atoms with Gasteiger partial charge in [-0.05, 0) is 18.2 Å². The van der Waals surface area contributed by atoms with E-state index in [0.29, 0.717) is 10.2 Å². The van der Waals surface area contributed by atoms with Crippen molar-refractivity contribution in [2.45, 2.75) is 0 Å². The largest absolute Gasteiger partial charge is 0.496 e. The highest BCUT2D eigenvalue weighted by atomic mass is 79.9. The van der Waals surface area contributed by atoms with E-state index in [-0.39, 0.29) is 5.56 Å². The lowest BCUT2D eigenvalue weighted by atomic mass is 10.1. The van der Waals surface area contributed by atoms with Gasteiger partial charge in [0.25, 0.3) is 5.78 Å². The zero-order chi connectivity index (χ0) is 11.4. The minimum absolute atomic E-state index is 0.179. The number of ketones is 1. The van der Waals surface area contributed by atoms with E-state index >= 15 is 0 Å². The van der Waals surface area contributed by atoms with E-state index in [1.165, 1.54) is 13.2 Å². The Kier molecular flexibility index (Phi) is 3.85. The summed E-state index contributed by atoms with van der Waals surface area (Å²) in [7, 11) is 2.59. The Morgan fingerprint density at radius 1 is 1.27 bits per heavy atom. The molecular weight excluding hydrogens is 264 g/mol. The van der Waals surface area contributed by atoms with E-state index < -0.39 is 11.8 Å². The SMILES string of the molecule is COC(=O)C(=O)c1cc(Br)ccc1OC. The molecule has 4 nitrogen and oxygen atoms in total. The van der Waals surface area contributed by atoms with Gasteiger partial charge in [-0.15, -0.1) is 0 Å². The van der Waals surface area contributed by atoms with E-state index in [9.17, 15) is 9.59 Å². The molecule has 1 rings (SSSR count). The molecular formula is C10H9BrO4. The van der Waals surface area contributed by atoms with Crippen LogP contribution in [0.25, 0.3) is 0 Å². The summed E-state index contributed by atoms with van der Waals surface area (Å²) in [6, 6.07) is 4.82. The molecule has 0 radical (unpaired) electrons. The molecule has 80 valence electrons. The van der Waals surface area contributed by atoms with Gasteiger partial charge in [0.15, 0.2) is 0 Å². The van der Waals surface area contributed by atoms with Gasteiger partial charge in [0.2, 0.25) is 0 Å². The number of carbonyl (C=O) groups is 2. The number of benzene rings is 1. The second-order valence-corrected chi connectivity index (χ2v) is 3.58. The van der Waals surface area contributed by atoms with Crippen LogP contribution in [0.5, 0.6) is 5.75 Å². The molecule has 0 aliphatic rings. The van der Waals surface area contributed by atoms with Gasteiger partial charge >= 0.3 is 5.97 Å². The predicted octanol–water partition coefficient (Wildman–Crippen LogP) is 1.81. The fraction of sp³-hybridized carbons (Fsp3) is 0.200. The highest BCUT2D eigenvalue weighted by Gasteiger charge is 2.20. The maximum Gasteiger partial charge on any atom is 0.379 e. The van der Waals surface area contributed by atoms with Crippen LogP contribution in [0.3, 0.4) is 0 Å².